The number of nitrogens with zero attached hydrogens (tertiary/aromatic N) is 2. The Morgan fingerprint density at radius 2 is 1.66 bits per heavy atom. The molecule has 3 N–H and O–H groups in total. The molecule has 0 spiro atoms. The van der Waals surface area contributed by atoms with Gasteiger partial charge in [0, 0.05) is 28.3 Å². The third kappa shape index (κ3) is 4.74. The Hall–Kier alpha value is -3.82. The highest BCUT2D eigenvalue weighted by Crippen LogP contribution is 2.26. The quantitative estimate of drug-likeness (QED) is 0.393. The van der Waals surface area contributed by atoms with Crippen molar-refractivity contribution in [2.45, 2.75) is 6.92 Å². The smallest absolute Gasteiger partial charge is 0.289 e. The number of para-hydroxylation sites is 1. The van der Waals surface area contributed by atoms with Crippen molar-refractivity contribution in [1.82, 2.24) is 20.8 Å². The van der Waals surface area contributed by atoms with E-state index in [9.17, 15) is 14.4 Å². The Morgan fingerprint density at radius 3 is 2.41 bits per heavy atom. The lowest BCUT2D eigenvalue weighted by atomic mass is 10.0. The fourth-order valence-corrected chi connectivity index (χ4v) is 3.83. The first-order valence-corrected chi connectivity index (χ1v) is 10.7. The van der Waals surface area contributed by atoms with Crippen LogP contribution in [0.1, 0.15) is 27.8 Å². The van der Waals surface area contributed by atoms with Crippen LogP contribution in [0, 0.1) is 0 Å². The SMILES string of the molecule is CC(=O)Nc1nc(C(=O)NNC(=O)c2cc(-c3ccc(Cl)cc3)nc3ccccc23)cs1. The summed E-state index contributed by atoms with van der Waals surface area (Å²) in [5.41, 5.74) is 7.21. The molecule has 2 aromatic heterocycles. The molecule has 0 saturated carbocycles. The number of carbonyl (C=O) groups excluding carboxylic acids is 3. The molecule has 2 aromatic carbocycles. The second kappa shape index (κ2) is 9.13. The standard InChI is InChI=1S/C22H16ClN5O3S/c1-12(29)24-22-26-19(11-32-22)21(31)28-27-20(30)16-10-18(13-6-8-14(23)9-7-13)25-17-5-3-2-4-15(16)17/h2-11H,1H3,(H,27,30)(H,28,31)(H,24,26,29). The van der Waals surface area contributed by atoms with Crippen LogP contribution in [0.2, 0.25) is 5.02 Å². The zero-order valence-corrected chi connectivity index (χ0v) is 18.3. The number of aromatic nitrogens is 2. The summed E-state index contributed by atoms with van der Waals surface area (Å²) >= 11 is 7.08. The Morgan fingerprint density at radius 1 is 0.938 bits per heavy atom. The first-order valence-electron chi connectivity index (χ1n) is 9.40. The summed E-state index contributed by atoms with van der Waals surface area (Å²) in [6.07, 6.45) is 0. The van der Waals surface area contributed by atoms with Gasteiger partial charge >= 0.3 is 0 Å². The van der Waals surface area contributed by atoms with Crippen molar-refractivity contribution in [3.8, 4) is 11.3 Å². The molecular weight excluding hydrogens is 450 g/mol. The van der Waals surface area contributed by atoms with Crippen molar-refractivity contribution >= 4 is 56.7 Å². The second-order valence-electron chi connectivity index (χ2n) is 6.71. The molecule has 0 bridgehead atoms. The van der Waals surface area contributed by atoms with Crippen molar-refractivity contribution in [2.24, 2.45) is 0 Å². The molecule has 3 amide bonds. The van der Waals surface area contributed by atoms with Crippen molar-refractivity contribution < 1.29 is 14.4 Å². The number of hydrogen-bond acceptors (Lipinski definition) is 6. The predicted octanol–water partition coefficient (Wildman–Crippen LogP) is 4.04. The van der Waals surface area contributed by atoms with Crippen LogP contribution < -0.4 is 16.2 Å². The number of thiazole rings is 1. The Labute approximate surface area is 191 Å². The summed E-state index contributed by atoms with van der Waals surface area (Å²) in [4.78, 5) is 45.0. The van der Waals surface area contributed by atoms with Crippen LogP contribution in [0.5, 0.6) is 0 Å². The van der Waals surface area contributed by atoms with Crippen LogP contribution in [0.25, 0.3) is 22.2 Å². The van der Waals surface area contributed by atoms with Crippen LogP contribution in [0.15, 0.2) is 60.0 Å². The topological polar surface area (TPSA) is 113 Å². The fourth-order valence-electron chi connectivity index (χ4n) is 2.96. The van der Waals surface area contributed by atoms with E-state index in [1.807, 2.05) is 24.3 Å². The normalized spacial score (nSPS) is 10.6. The first-order chi connectivity index (χ1) is 15.4. The molecule has 0 aliphatic carbocycles. The molecular formula is C22H16ClN5O3S. The van der Waals surface area contributed by atoms with Gasteiger partial charge in [-0.3, -0.25) is 25.2 Å². The minimum atomic E-state index is -0.609. The Bertz CT molecular complexity index is 1340. The average molecular weight is 466 g/mol. The van der Waals surface area contributed by atoms with Crippen molar-refractivity contribution in [3.63, 3.8) is 0 Å². The number of rotatable bonds is 4. The molecule has 0 radical (unpaired) electrons. The van der Waals surface area contributed by atoms with Gasteiger partial charge in [0.05, 0.1) is 16.8 Å². The van der Waals surface area contributed by atoms with E-state index in [0.717, 1.165) is 16.9 Å². The van der Waals surface area contributed by atoms with Gasteiger partial charge in [-0.05, 0) is 24.3 Å². The zero-order chi connectivity index (χ0) is 22.7. The maximum absolute atomic E-state index is 12.9. The molecule has 10 heteroatoms. The largest absolute Gasteiger partial charge is 0.302 e. The molecule has 2 heterocycles. The van der Waals surface area contributed by atoms with E-state index in [2.05, 4.69) is 26.1 Å². The Balaban J connectivity index is 1.57. The van der Waals surface area contributed by atoms with Gasteiger partial charge in [0.2, 0.25) is 5.91 Å². The molecule has 0 aliphatic heterocycles. The van der Waals surface area contributed by atoms with Gasteiger partial charge < -0.3 is 5.32 Å². The number of benzene rings is 2. The number of carbonyl (C=O) groups is 3. The number of fused-ring (bicyclic) bond motifs is 1. The van der Waals surface area contributed by atoms with Crippen molar-refractivity contribution in [1.29, 1.82) is 0 Å². The van der Waals surface area contributed by atoms with Gasteiger partial charge in [-0.1, -0.05) is 41.9 Å². The molecule has 4 aromatic rings. The van der Waals surface area contributed by atoms with Crippen molar-refractivity contribution in [3.05, 3.63) is 76.3 Å². The van der Waals surface area contributed by atoms with Crippen LogP contribution in [-0.4, -0.2) is 27.7 Å². The van der Waals surface area contributed by atoms with E-state index >= 15 is 0 Å². The van der Waals surface area contributed by atoms with Crippen LogP contribution in [0.4, 0.5) is 5.13 Å². The van der Waals surface area contributed by atoms with Gasteiger partial charge in [-0.15, -0.1) is 11.3 Å². The summed E-state index contributed by atoms with van der Waals surface area (Å²) < 4.78 is 0. The highest BCUT2D eigenvalue weighted by atomic mass is 35.5. The second-order valence-corrected chi connectivity index (χ2v) is 8.00. The van der Waals surface area contributed by atoms with Gasteiger partial charge in [-0.2, -0.15) is 0 Å². The molecule has 0 fully saturated rings. The van der Waals surface area contributed by atoms with Crippen LogP contribution >= 0.6 is 22.9 Å². The number of pyridine rings is 1. The molecule has 160 valence electrons. The van der Waals surface area contributed by atoms with E-state index in [1.165, 1.54) is 12.3 Å². The van der Waals surface area contributed by atoms with Gasteiger partial charge in [-0.25, -0.2) is 9.97 Å². The van der Waals surface area contributed by atoms with Crippen molar-refractivity contribution in [2.75, 3.05) is 5.32 Å². The minimum absolute atomic E-state index is 0.0699. The van der Waals surface area contributed by atoms with Gasteiger partial charge in [0.25, 0.3) is 11.8 Å². The minimum Gasteiger partial charge on any atom is -0.302 e. The number of anilines is 1. The van der Waals surface area contributed by atoms with Gasteiger partial charge in [0.1, 0.15) is 5.69 Å². The lowest BCUT2D eigenvalue weighted by Crippen LogP contribution is -2.41. The molecule has 32 heavy (non-hydrogen) atoms. The predicted molar refractivity (Wildman–Crippen MR) is 124 cm³/mol. The maximum atomic E-state index is 12.9. The zero-order valence-electron chi connectivity index (χ0n) is 16.7. The summed E-state index contributed by atoms with van der Waals surface area (Å²) in [7, 11) is 0. The number of hydrazine groups is 1. The van der Waals surface area contributed by atoms with E-state index in [-0.39, 0.29) is 11.6 Å². The van der Waals surface area contributed by atoms with Crippen LogP contribution in [0.3, 0.4) is 0 Å². The van der Waals surface area contributed by atoms with Crippen LogP contribution in [-0.2, 0) is 4.79 Å². The molecule has 0 saturated heterocycles. The number of hydrogen-bond donors (Lipinski definition) is 3. The number of amides is 3. The third-order valence-corrected chi connectivity index (χ3v) is 5.42. The molecule has 0 atom stereocenters. The summed E-state index contributed by atoms with van der Waals surface area (Å²) in [6.45, 7) is 1.35. The lowest BCUT2D eigenvalue weighted by molar-refractivity contribution is -0.114. The van der Waals surface area contributed by atoms with E-state index in [4.69, 9.17) is 11.6 Å². The molecule has 8 nitrogen and oxygen atoms in total. The lowest BCUT2D eigenvalue weighted by Gasteiger charge is -2.11. The summed E-state index contributed by atoms with van der Waals surface area (Å²) in [6, 6.07) is 16.0. The summed E-state index contributed by atoms with van der Waals surface area (Å²) in [5, 5.41) is 5.51. The molecule has 4 rings (SSSR count). The average Bonchev–Trinajstić information content (AvgIpc) is 3.25. The third-order valence-electron chi connectivity index (χ3n) is 4.41. The molecule has 0 unspecified atom stereocenters. The maximum Gasteiger partial charge on any atom is 0.289 e. The summed E-state index contributed by atoms with van der Waals surface area (Å²) in [5.74, 6) is -1.41. The first kappa shape index (κ1) is 21.4. The highest BCUT2D eigenvalue weighted by Gasteiger charge is 2.16. The van der Waals surface area contributed by atoms with E-state index < -0.39 is 11.8 Å². The van der Waals surface area contributed by atoms with E-state index in [0.29, 0.717) is 32.3 Å². The molecule has 0 aliphatic rings. The highest BCUT2D eigenvalue weighted by molar-refractivity contribution is 7.14. The fraction of sp³-hybridized carbons (Fsp3) is 0.0455. The Kier molecular flexibility index (Phi) is 6.11. The number of nitrogens with one attached hydrogen (secondary N) is 3. The number of halogens is 1. The van der Waals surface area contributed by atoms with Gasteiger partial charge in [0.15, 0.2) is 5.13 Å². The van der Waals surface area contributed by atoms with E-state index in [1.54, 1.807) is 30.3 Å². The monoisotopic (exact) mass is 465 g/mol.